The highest BCUT2D eigenvalue weighted by molar-refractivity contribution is 7.89. The van der Waals surface area contributed by atoms with Crippen LogP contribution in [0.4, 0.5) is 0 Å². The molecule has 4 rings (SSSR count). The van der Waals surface area contributed by atoms with Crippen molar-refractivity contribution in [2.45, 2.75) is 66.5 Å². The first-order chi connectivity index (χ1) is 17.5. The maximum atomic E-state index is 14.0. The lowest BCUT2D eigenvalue weighted by Gasteiger charge is -2.38. The van der Waals surface area contributed by atoms with Crippen molar-refractivity contribution in [2.24, 2.45) is 22.7 Å². The monoisotopic (exact) mass is 544 g/mol. The number of hydrogen-bond acceptors (Lipinski definition) is 5. The fourth-order valence-corrected chi connectivity index (χ4v) is 9.13. The molecule has 6 nitrogen and oxygen atoms in total. The largest absolute Gasteiger partial charge is 0.332 e. The molecule has 8 heteroatoms. The van der Waals surface area contributed by atoms with E-state index >= 15 is 0 Å². The standard InChI is InChI=1S/C29H40N2O4S2/c1-5-22(2)17-31(37(34,35)21-29-14-13-24(16-26(29)32)28(29,3)4)20-27(33)30(19-25-12-9-15-36-25)18-23-10-7-6-8-11-23/h6-12,15,22,24H,5,13-14,16-21H2,1-4H3. The fourth-order valence-electron chi connectivity index (χ4n) is 6.14. The molecule has 1 aromatic carbocycles. The van der Waals surface area contributed by atoms with E-state index in [-0.39, 0.29) is 47.8 Å². The number of thiophene rings is 1. The van der Waals surface area contributed by atoms with Gasteiger partial charge in [0.25, 0.3) is 0 Å². The first-order valence-electron chi connectivity index (χ1n) is 13.3. The summed E-state index contributed by atoms with van der Waals surface area (Å²) in [7, 11) is -3.85. The van der Waals surface area contributed by atoms with E-state index in [1.807, 2.05) is 61.7 Å². The number of benzene rings is 1. The Kier molecular flexibility index (Phi) is 8.31. The van der Waals surface area contributed by atoms with Gasteiger partial charge in [-0.2, -0.15) is 4.31 Å². The van der Waals surface area contributed by atoms with Gasteiger partial charge in [-0.3, -0.25) is 9.59 Å². The van der Waals surface area contributed by atoms with Gasteiger partial charge in [0, 0.05) is 29.8 Å². The Morgan fingerprint density at radius 3 is 2.43 bits per heavy atom. The summed E-state index contributed by atoms with van der Waals surface area (Å²) in [6, 6.07) is 13.7. The molecule has 2 aliphatic carbocycles. The maximum Gasteiger partial charge on any atom is 0.238 e. The predicted molar refractivity (Wildman–Crippen MR) is 148 cm³/mol. The molecule has 1 heterocycles. The molecule has 0 saturated heterocycles. The molecule has 1 amide bonds. The van der Waals surface area contributed by atoms with E-state index in [1.54, 1.807) is 16.2 Å². The number of carbonyl (C=O) groups is 2. The van der Waals surface area contributed by atoms with Gasteiger partial charge in [0.2, 0.25) is 15.9 Å². The van der Waals surface area contributed by atoms with Crippen LogP contribution in [0.3, 0.4) is 0 Å². The molecule has 1 aromatic heterocycles. The highest BCUT2D eigenvalue weighted by Crippen LogP contribution is 2.64. The molecule has 2 bridgehead atoms. The zero-order valence-electron chi connectivity index (χ0n) is 22.5. The second kappa shape index (κ2) is 11.0. The Labute approximate surface area is 226 Å². The minimum atomic E-state index is -3.85. The van der Waals surface area contributed by atoms with Gasteiger partial charge in [0.15, 0.2) is 0 Å². The third-order valence-electron chi connectivity index (χ3n) is 8.98. The van der Waals surface area contributed by atoms with E-state index in [0.29, 0.717) is 25.9 Å². The lowest BCUT2D eigenvalue weighted by molar-refractivity contribution is -0.132. The zero-order valence-corrected chi connectivity index (χ0v) is 24.1. The summed E-state index contributed by atoms with van der Waals surface area (Å²) < 4.78 is 29.4. The molecule has 202 valence electrons. The molecule has 3 atom stereocenters. The van der Waals surface area contributed by atoms with Crippen LogP contribution < -0.4 is 0 Å². The number of nitrogens with zero attached hydrogens (tertiary/aromatic N) is 2. The van der Waals surface area contributed by atoms with E-state index < -0.39 is 15.4 Å². The van der Waals surface area contributed by atoms with Gasteiger partial charge in [0.05, 0.1) is 18.8 Å². The number of sulfonamides is 1. The lowest BCUT2D eigenvalue weighted by Crippen LogP contribution is -2.50. The van der Waals surface area contributed by atoms with Crippen LogP contribution in [-0.4, -0.2) is 48.2 Å². The number of rotatable bonds is 12. The van der Waals surface area contributed by atoms with E-state index in [1.165, 1.54) is 4.31 Å². The zero-order chi connectivity index (χ0) is 26.8. The minimum absolute atomic E-state index is 0.0792. The van der Waals surface area contributed by atoms with Gasteiger partial charge in [-0.05, 0) is 47.1 Å². The Balaban J connectivity index is 1.59. The summed E-state index contributed by atoms with van der Waals surface area (Å²) in [5.74, 6) is 0.00407. The highest BCUT2D eigenvalue weighted by atomic mass is 32.2. The van der Waals surface area contributed by atoms with Crippen molar-refractivity contribution < 1.29 is 18.0 Å². The Bertz CT molecular complexity index is 1190. The SMILES string of the molecule is CCC(C)CN(CC(=O)N(Cc1ccccc1)Cc1cccs1)S(=O)(=O)CC12CCC(CC1=O)C2(C)C. The topological polar surface area (TPSA) is 74.8 Å². The highest BCUT2D eigenvalue weighted by Gasteiger charge is 2.65. The lowest BCUT2D eigenvalue weighted by atomic mass is 9.70. The smallest absolute Gasteiger partial charge is 0.238 e. The Morgan fingerprint density at radius 2 is 1.86 bits per heavy atom. The summed E-state index contributed by atoms with van der Waals surface area (Å²) in [5, 5.41) is 1.98. The molecule has 0 N–H and O–H groups in total. The van der Waals surface area contributed by atoms with Crippen molar-refractivity contribution in [3.63, 3.8) is 0 Å². The predicted octanol–water partition coefficient (Wildman–Crippen LogP) is 5.35. The van der Waals surface area contributed by atoms with Gasteiger partial charge in [-0.15, -0.1) is 11.3 Å². The number of carbonyl (C=O) groups excluding carboxylic acids is 2. The van der Waals surface area contributed by atoms with Crippen molar-refractivity contribution >= 4 is 33.1 Å². The molecule has 3 unspecified atom stereocenters. The Morgan fingerprint density at radius 1 is 1.14 bits per heavy atom. The normalized spacial score (nSPS) is 23.5. The van der Waals surface area contributed by atoms with Crippen LogP contribution in [0.5, 0.6) is 0 Å². The van der Waals surface area contributed by atoms with Crippen LogP contribution in [0, 0.1) is 22.7 Å². The number of amides is 1. The Hall–Kier alpha value is -2.03. The van der Waals surface area contributed by atoms with Gasteiger partial charge in [-0.25, -0.2) is 8.42 Å². The van der Waals surface area contributed by atoms with Crippen molar-refractivity contribution in [2.75, 3.05) is 18.8 Å². The molecule has 2 aliphatic rings. The van der Waals surface area contributed by atoms with Crippen molar-refractivity contribution in [1.82, 2.24) is 9.21 Å². The van der Waals surface area contributed by atoms with E-state index in [2.05, 4.69) is 13.8 Å². The van der Waals surface area contributed by atoms with Crippen LogP contribution in [0.1, 0.15) is 63.8 Å². The number of Topliss-reactive ketones (excluding diaryl/α,β-unsaturated/α-hetero) is 1. The van der Waals surface area contributed by atoms with Gasteiger partial charge >= 0.3 is 0 Å². The summed E-state index contributed by atoms with van der Waals surface area (Å²) in [6.45, 7) is 9.05. The molecule has 2 aromatic rings. The molecular weight excluding hydrogens is 504 g/mol. The van der Waals surface area contributed by atoms with Crippen LogP contribution in [0.15, 0.2) is 47.8 Å². The minimum Gasteiger partial charge on any atom is -0.332 e. The molecule has 2 saturated carbocycles. The summed E-state index contributed by atoms with van der Waals surface area (Å²) in [4.78, 5) is 29.6. The van der Waals surface area contributed by atoms with Crippen LogP contribution in [0.2, 0.25) is 0 Å². The first kappa shape index (κ1) is 28.0. The van der Waals surface area contributed by atoms with Gasteiger partial charge < -0.3 is 4.90 Å². The molecule has 0 aliphatic heterocycles. The van der Waals surface area contributed by atoms with Crippen molar-refractivity contribution in [3.8, 4) is 0 Å². The molecule has 2 fully saturated rings. The summed E-state index contributed by atoms with van der Waals surface area (Å²) >= 11 is 1.58. The number of fused-ring (bicyclic) bond motifs is 2. The van der Waals surface area contributed by atoms with Crippen molar-refractivity contribution in [3.05, 3.63) is 58.3 Å². The molecule has 37 heavy (non-hydrogen) atoms. The second-order valence-corrected chi connectivity index (χ2v) is 14.5. The average molecular weight is 545 g/mol. The quantitative estimate of drug-likeness (QED) is 0.361. The van der Waals surface area contributed by atoms with Crippen molar-refractivity contribution in [1.29, 1.82) is 0 Å². The maximum absolute atomic E-state index is 14.0. The first-order valence-corrected chi connectivity index (χ1v) is 15.8. The fraction of sp³-hybridized carbons (Fsp3) is 0.586. The van der Waals surface area contributed by atoms with E-state index in [4.69, 9.17) is 0 Å². The molecule has 0 spiro atoms. The third-order valence-corrected chi connectivity index (χ3v) is 11.8. The molecular formula is C29H40N2O4S2. The van der Waals surface area contributed by atoms with Gasteiger partial charge in [-0.1, -0.05) is 70.5 Å². The third kappa shape index (κ3) is 5.71. The van der Waals surface area contributed by atoms with Crippen LogP contribution in [0.25, 0.3) is 0 Å². The summed E-state index contributed by atoms with van der Waals surface area (Å²) in [5.41, 5.74) is -0.201. The van der Waals surface area contributed by atoms with E-state index in [9.17, 15) is 18.0 Å². The van der Waals surface area contributed by atoms with Gasteiger partial charge in [0.1, 0.15) is 5.78 Å². The summed E-state index contributed by atoms with van der Waals surface area (Å²) in [6.07, 6.45) is 2.79. The second-order valence-electron chi connectivity index (χ2n) is 11.5. The van der Waals surface area contributed by atoms with E-state index in [0.717, 1.165) is 23.3 Å². The average Bonchev–Trinajstić information content (AvgIpc) is 3.50. The number of hydrogen-bond donors (Lipinski definition) is 0. The van der Waals surface area contributed by atoms with Crippen LogP contribution >= 0.6 is 11.3 Å². The molecule has 0 radical (unpaired) electrons. The van der Waals surface area contributed by atoms with Crippen LogP contribution in [-0.2, 0) is 32.7 Å². The number of ketones is 1.